The molecule has 6 nitrogen and oxygen atoms in total. The highest BCUT2D eigenvalue weighted by Crippen LogP contribution is 2.27. The van der Waals surface area contributed by atoms with Gasteiger partial charge in [-0.05, 0) is 53.6 Å². The number of hydrogen-bond donors (Lipinski definition) is 2. The number of hydrogen-bond acceptors (Lipinski definition) is 4. The average molecular weight is 442 g/mol. The van der Waals surface area contributed by atoms with Crippen molar-refractivity contribution in [2.24, 2.45) is 0 Å². The van der Waals surface area contributed by atoms with Crippen molar-refractivity contribution in [2.45, 2.75) is 11.8 Å². The van der Waals surface area contributed by atoms with Crippen LogP contribution in [0.2, 0.25) is 0 Å². The first-order valence-electron chi connectivity index (χ1n) is 9.67. The first-order chi connectivity index (χ1) is 15.3. The van der Waals surface area contributed by atoms with E-state index in [4.69, 9.17) is 5.11 Å². The molecule has 0 unspecified atom stereocenters. The van der Waals surface area contributed by atoms with E-state index >= 15 is 0 Å². The molecule has 0 fully saturated rings. The Bertz CT molecular complexity index is 1500. The van der Waals surface area contributed by atoms with E-state index in [1.54, 1.807) is 49.4 Å². The molecule has 1 aromatic heterocycles. The molecule has 0 saturated heterocycles. The summed E-state index contributed by atoms with van der Waals surface area (Å²) in [5.74, 6) is 4.70. The Morgan fingerprint density at radius 1 is 0.938 bits per heavy atom. The highest BCUT2D eigenvalue weighted by atomic mass is 32.2. The Hall–Kier alpha value is -4.15. The average Bonchev–Trinajstić information content (AvgIpc) is 2.79. The molecule has 0 bridgehead atoms. The number of carboxylic acids is 1. The van der Waals surface area contributed by atoms with E-state index in [-0.39, 0.29) is 10.6 Å². The summed E-state index contributed by atoms with van der Waals surface area (Å²) in [7, 11) is -3.85. The third-order valence-electron chi connectivity index (χ3n) is 4.93. The molecule has 4 aromatic rings. The second-order valence-electron chi connectivity index (χ2n) is 7.05. The number of anilines is 1. The standard InChI is InChI=1S/C25H18N2O4S/c1-17-21-8-4-2-6-19(21)13-15-24(17)32(30,31)27-22-9-5-3-7-20(22)12-10-18-11-14-23(25(28)29)26-16-18/h2-9,11,13-16,27H,1H3,(H,28,29). The van der Waals surface area contributed by atoms with Crippen LogP contribution in [0.25, 0.3) is 10.8 Å². The molecule has 2 N–H and O–H groups in total. The minimum Gasteiger partial charge on any atom is -0.477 e. The Kier molecular flexibility index (Phi) is 5.63. The molecule has 0 spiro atoms. The van der Waals surface area contributed by atoms with Gasteiger partial charge in [0, 0.05) is 17.3 Å². The van der Waals surface area contributed by atoms with E-state index in [1.165, 1.54) is 12.3 Å². The molecule has 0 atom stereocenters. The number of aromatic carboxylic acids is 1. The van der Waals surface area contributed by atoms with Crippen molar-refractivity contribution in [2.75, 3.05) is 4.72 Å². The van der Waals surface area contributed by atoms with Crippen LogP contribution in [-0.4, -0.2) is 24.5 Å². The smallest absolute Gasteiger partial charge is 0.354 e. The zero-order chi connectivity index (χ0) is 22.7. The van der Waals surface area contributed by atoms with E-state index in [9.17, 15) is 13.2 Å². The fraction of sp³-hybridized carbons (Fsp3) is 0.0400. The molecule has 32 heavy (non-hydrogen) atoms. The van der Waals surface area contributed by atoms with Gasteiger partial charge in [-0.15, -0.1) is 0 Å². The summed E-state index contributed by atoms with van der Waals surface area (Å²) in [6.07, 6.45) is 1.36. The molecule has 0 saturated carbocycles. The number of sulfonamides is 1. The number of nitrogens with one attached hydrogen (secondary N) is 1. The number of pyridine rings is 1. The number of aromatic nitrogens is 1. The molecule has 0 aliphatic heterocycles. The molecular weight excluding hydrogens is 424 g/mol. The van der Waals surface area contributed by atoms with Gasteiger partial charge < -0.3 is 5.11 Å². The second kappa shape index (κ2) is 8.53. The lowest BCUT2D eigenvalue weighted by Crippen LogP contribution is -2.15. The van der Waals surface area contributed by atoms with E-state index in [0.29, 0.717) is 22.4 Å². The van der Waals surface area contributed by atoms with Crippen molar-refractivity contribution in [1.29, 1.82) is 0 Å². The third kappa shape index (κ3) is 4.31. The largest absolute Gasteiger partial charge is 0.477 e. The summed E-state index contributed by atoms with van der Waals surface area (Å²) >= 11 is 0. The zero-order valence-corrected chi connectivity index (χ0v) is 17.8. The molecule has 158 valence electrons. The van der Waals surface area contributed by atoms with Crippen molar-refractivity contribution in [3.63, 3.8) is 0 Å². The van der Waals surface area contributed by atoms with E-state index in [0.717, 1.165) is 10.8 Å². The van der Waals surface area contributed by atoms with Gasteiger partial charge >= 0.3 is 5.97 Å². The molecule has 1 heterocycles. The summed E-state index contributed by atoms with van der Waals surface area (Å²) in [4.78, 5) is 15.0. The minimum absolute atomic E-state index is 0.0746. The minimum atomic E-state index is -3.85. The van der Waals surface area contributed by atoms with Gasteiger partial charge in [0.2, 0.25) is 0 Å². The molecule has 7 heteroatoms. The quantitative estimate of drug-likeness (QED) is 0.456. The van der Waals surface area contributed by atoms with Crippen LogP contribution in [0.15, 0.2) is 83.9 Å². The number of fused-ring (bicyclic) bond motifs is 1. The summed E-state index contributed by atoms with van der Waals surface area (Å²) in [5, 5.41) is 10.8. The van der Waals surface area contributed by atoms with Crippen LogP contribution in [0, 0.1) is 18.8 Å². The lowest BCUT2D eigenvalue weighted by molar-refractivity contribution is 0.0690. The maximum Gasteiger partial charge on any atom is 0.354 e. The van der Waals surface area contributed by atoms with Crippen molar-refractivity contribution in [3.05, 3.63) is 101 Å². The molecular formula is C25H18N2O4S. The van der Waals surface area contributed by atoms with Gasteiger partial charge in [-0.25, -0.2) is 18.2 Å². The topological polar surface area (TPSA) is 96.4 Å². The van der Waals surface area contributed by atoms with Gasteiger partial charge in [0.1, 0.15) is 5.69 Å². The van der Waals surface area contributed by atoms with Crippen LogP contribution in [-0.2, 0) is 10.0 Å². The molecule has 0 aliphatic carbocycles. The third-order valence-corrected chi connectivity index (χ3v) is 6.44. The number of aryl methyl sites for hydroxylation is 1. The Labute approximate surface area is 185 Å². The van der Waals surface area contributed by atoms with Crippen LogP contribution in [0.5, 0.6) is 0 Å². The van der Waals surface area contributed by atoms with Gasteiger partial charge in [0.25, 0.3) is 10.0 Å². The van der Waals surface area contributed by atoms with Crippen molar-refractivity contribution >= 4 is 32.5 Å². The van der Waals surface area contributed by atoms with Gasteiger partial charge in [0.15, 0.2) is 0 Å². The fourth-order valence-corrected chi connectivity index (χ4v) is 4.65. The van der Waals surface area contributed by atoms with Crippen LogP contribution >= 0.6 is 0 Å². The number of carbonyl (C=O) groups is 1. The number of para-hydroxylation sites is 1. The van der Waals surface area contributed by atoms with Crippen LogP contribution in [0.4, 0.5) is 5.69 Å². The highest BCUT2D eigenvalue weighted by Gasteiger charge is 2.19. The van der Waals surface area contributed by atoms with Gasteiger partial charge in [0.05, 0.1) is 10.6 Å². The first-order valence-corrected chi connectivity index (χ1v) is 11.1. The number of rotatable bonds is 4. The Morgan fingerprint density at radius 2 is 1.69 bits per heavy atom. The summed E-state index contributed by atoms with van der Waals surface area (Å²) < 4.78 is 29.0. The first kappa shape index (κ1) is 21.1. The van der Waals surface area contributed by atoms with E-state index < -0.39 is 16.0 Å². The summed E-state index contributed by atoms with van der Waals surface area (Å²) in [5.41, 5.74) is 1.94. The summed E-state index contributed by atoms with van der Waals surface area (Å²) in [6.45, 7) is 1.79. The Balaban J connectivity index is 1.67. The maximum atomic E-state index is 13.2. The lowest BCUT2D eigenvalue weighted by Gasteiger charge is -2.13. The van der Waals surface area contributed by atoms with Crippen molar-refractivity contribution in [3.8, 4) is 11.8 Å². The molecule has 0 aliphatic rings. The maximum absolute atomic E-state index is 13.2. The monoisotopic (exact) mass is 442 g/mol. The predicted molar refractivity (Wildman–Crippen MR) is 123 cm³/mol. The number of benzene rings is 3. The predicted octanol–water partition coefficient (Wildman–Crippen LogP) is 4.44. The SMILES string of the molecule is Cc1c(S(=O)(=O)Nc2ccccc2C#Cc2ccc(C(=O)O)nc2)ccc2ccccc12. The van der Waals surface area contributed by atoms with Crippen LogP contribution in [0.3, 0.4) is 0 Å². The second-order valence-corrected chi connectivity index (χ2v) is 8.70. The fourth-order valence-electron chi connectivity index (χ4n) is 3.31. The number of carboxylic acid groups (broad SMARTS) is 1. The van der Waals surface area contributed by atoms with Crippen LogP contribution < -0.4 is 4.72 Å². The Morgan fingerprint density at radius 3 is 2.44 bits per heavy atom. The molecule has 4 rings (SSSR count). The zero-order valence-electron chi connectivity index (χ0n) is 17.0. The van der Waals surface area contributed by atoms with E-state index in [1.807, 2.05) is 24.3 Å². The normalized spacial score (nSPS) is 10.9. The van der Waals surface area contributed by atoms with Gasteiger partial charge in [-0.2, -0.15) is 0 Å². The van der Waals surface area contributed by atoms with E-state index in [2.05, 4.69) is 21.5 Å². The highest BCUT2D eigenvalue weighted by molar-refractivity contribution is 7.92. The lowest BCUT2D eigenvalue weighted by atomic mass is 10.1. The molecule has 3 aromatic carbocycles. The van der Waals surface area contributed by atoms with Gasteiger partial charge in [-0.1, -0.05) is 54.3 Å². The van der Waals surface area contributed by atoms with Crippen molar-refractivity contribution < 1.29 is 18.3 Å². The van der Waals surface area contributed by atoms with Gasteiger partial charge in [-0.3, -0.25) is 4.72 Å². The molecule has 0 radical (unpaired) electrons. The molecule has 0 amide bonds. The number of nitrogens with zero attached hydrogens (tertiary/aromatic N) is 1. The summed E-state index contributed by atoms with van der Waals surface area (Å²) in [6, 6.07) is 20.8. The van der Waals surface area contributed by atoms with Crippen LogP contribution in [0.1, 0.15) is 27.2 Å². The van der Waals surface area contributed by atoms with Crippen molar-refractivity contribution in [1.82, 2.24) is 4.98 Å².